The van der Waals surface area contributed by atoms with Crippen molar-refractivity contribution in [3.63, 3.8) is 0 Å². The molecule has 0 amide bonds. The normalized spacial score (nSPS) is 20.4. The second-order valence-electron chi connectivity index (χ2n) is 5.85. The highest BCUT2D eigenvalue weighted by molar-refractivity contribution is 7.90. The Bertz CT molecular complexity index is 608. The molecule has 1 N–H and O–H groups in total. The summed E-state index contributed by atoms with van der Waals surface area (Å²) in [5, 5.41) is 3.19. The molecule has 1 aliphatic heterocycles. The first-order valence-corrected chi connectivity index (χ1v) is 9.43. The molecule has 1 aliphatic rings. The van der Waals surface area contributed by atoms with E-state index in [-0.39, 0.29) is 17.8 Å². The van der Waals surface area contributed by atoms with E-state index in [1.807, 2.05) is 0 Å². The van der Waals surface area contributed by atoms with Gasteiger partial charge in [0.05, 0.1) is 11.3 Å². The van der Waals surface area contributed by atoms with Gasteiger partial charge < -0.3 is 10.1 Å². The quantitative estimate of drug-likeness (QED) is 0.856. The maximum atomic E-state index is 12.6. The van der Waals surface area contributed by atoms with Gasteiger partial charge in [0.2, 0.25) is 0 Å². The molecule has 0 spiro atoms. The average Bonchev–Trinajstić information content (AvgIpc) is 2.96. The molecule has 2 unspecified atom stereocenters. The summed E-state index contributed by atoms with van der Waals surface area (Å²) in [6, 6.07) is 4.49. The molecule has 0 radical (unpaired) electrons. The Morgan fingerprint density at radius 2 is 1.96 bits per heavy atom. The molecular formula is C15H20F3NO3S. The molecule has 8 heteroatoms. The van der Waals surface area contributed by atoms with Crippen molar-refractivity contribution in [1.29, 1.82) is 0 Å². The SMILES string of the molecule is CS(=O)(=O)CCC(Oc1ccc(C(F)(F)F)cc1)C1CCNC1. The van der Waals surface area contributed by atoms with Crippen LogP contribution in [-0.2, 0) is 16.0 Å². The fourth-order valence-electron chi connectivity index (χ4n) is 2.61. The van der Waals surface area contributed by atoms with Crippen LogP contribution in [0.25, 0.3) is 0 Å². The second kappa shape index (κ2) is 7.09. The number of sulfone groups is 1. The number of ether oxygens (including phenoxy) is 1. The monoisotopic (exact) mass is 351 g/mol. The molecule has 23 heavy (non-hydrogen) atoms. The standard InChI is InChI=1S/C15H20F3NO3S/c1-23(20,21)9-7-14(11-6-8-19-10-11)22-13-4-2-12(3-5-13)15(16,17)18/h2-5,11,14,19H,6-10H2,1H3. The molecule has 130 valence electrons. The number of hydrogen-bond acceptors (Lipinski definition) is 4. The smallest absolute Gasteiger partial charge is 0.416 e. The number of alkyl halides is 3. The van der Waals surface area contributed by atoms with Gasteiger partial charge in [0.1, 0.15) is 21.7 Å². The summed E-state index contributed by atoms with van der Waals surface area (Å²) in [5.74, 6) is 0.469. The lowest BCUT2D eigenvalue weighted by atomic mass is 9.99. The molecule has 0 aliphatic carbocycles. The van der Waals surface area contributed by atoms with E-state index in [4.69, 9.17) is 4.74 Å². The van der Waals surface area contributed by atoms with Gasteiger partial charge in [0.25, 0.3) is 0 Å². The van der Waals surface area contributed by atoms with Crippen molar-refractivity contribution in [2.75, 3.05) is 25.1 Å². The highest BCUT2D eigenvalue weighted by Gasteiger charge is 2.31. The average molecular weight is 351 g/mol. The van der Waals surface area contributed by atoms with Crippen LogP contribution >= 0.6 is 0 Å². The maximum Gasteiger partial charge on any atom is 0.416 e. The van der Waals surface area contributed by atoms with Crippen molar-refractivity contribution in [3.8, 4) is 5.75 Å². The zero-order valence-electron chi connectivity index (χ0n) is 12.8. The lowest BCUT2D eigenvalue weighted by molar-refractivity contribution is -0.137. The molecule has 0 bridgehead atoms. The van der Waals surface area contributed by atoms with Crippen molar-refractivity contribution in [2.24, 2.45) is 5.92 Å². The van der Waals surface area contributed by atoms with Crippen LogP contribution in [0, 0.1) is 5.92 Å². The molecule has 2 atom stereocenters. The third kappa shape index (κ3) is 5.69. The third-order valence-electron chi connectivity index (χ3n) is 3.87. The minimum absolute atomic E-state index is 0.00516. The molecular weight excluding hydrogens is 331 g/mol. The molecule has 1 saturated heterocycles. The Morgan fingerprint density at radius 1 is 1.30 bits per heavy atom. The first-order valence-electron chi connectivity index (χ1n) is 7.37. The summed E-state index contributed by atoms with van der Waals surface area (Å²) in [6.45, 7) is 1.55. The molecule has 1 aromatic carbocycles. The van der Waals surface area contributed by atoms with Crippen LogP contribution in [0.1, 0.15) is 18.4 Å². The van der Waals surface area contributed by atoms with Gasteiger partial charge in [-0.3, -0.25) is 0 Å². The Kier molecular flexibility index (Phi) is 5.57. The van der Waals surface area contributed by atoms with Gasteiger partial charge in [-0.15, -0.1) is 0 Å². The number of halogens is 3. The lowest BCUT2D eigenvalue weighted by Crippen LogP contribution is -2.31. The van der Waals surface area contributed by atoms with E-state index in [2.05, 4.69) is 5.32 Å². The molecule has 2 rings (SSSR count). The Morgan fingerprint density at radius 3 is 2.43 bits per heavy atom. The van der Waals surface area contributed by atoms with Gasteiger partial charge in [-0.2, -0.15) is 13.2 Å². The Labute approximate surface area is 133 Å². The number of benzene rings is 1. The van der Waals surface area contributed by atoms with Crippen LogP contribution in [0.2, 0.25) is 0 Å². The summed E-state index contributed by atoms with van der Waals surface area (Å²) in [5.41, 5.74) is -0.736. The van der Waals surface area contributed by atoms with Crippen LogP contribution in [0.15, 0.2) is 24.3 Å². The van der Waals surface area contributed by atoms with E-state index in [0.29, 0.717) is 12.2 Å². The van der Waals surface area contributed by atoms with Crippen LogP contribution in [-0.4, -0.2) is 39.6 Å². The zero-order chi connectivity index (χ0) is 17.1. The first kappa shape index (κ1) is 18.1. The number of rotatable bonds is 6. The topological polar surface area (TPSA) is 55.4 Å². The predicted molar refractivity (Wildman–Crippen MR) is 81.2 cm³/mol. The van der Waals surface area contributed by atoms with Gasteiger partial charge in [-0.1, -0.05) is 0 Å². The van der Waals surface area contributed by atoms with Crippen molar-refractivity contribution in [2.45, 2.75) is 25.1 Å². The highest BCUT2D eigenvalue weighted by atomic mass is 32.2. The first-order chi connectivity index (χ1) is 10.6. The Balaban J connectivity index is 2.07. The van der Waals surface area contributed by atoms with E-state index in [9.17, 15) is 21.6 Å². The van der Waals surface area contributed by atoms with E-state index < -0.39 is 21.6 Å². The maximum absolute atomic E-state index is 12.6. The van der Waals surface area contributed by atoms with Gasteiger partial charge in [-0.25, -0.2) is 8.42 Å². The van der Waals surface area contributed by atoms with Crippen molar-refractivity contribution < 1.29 is 26.3 Å². The highest BCUT2D eigenvalue weighted by Crippen LogP contribution is 2.31. The molecule has 0 aromatic heterocycles. The van der Waals surface area contributed by atoms with Gasteiger partial charge >= 0.3 is 6.18 Å². The predicted octanol–water partition coefficient (Wildman–Crippen LogP) is 2.50. The summed E-state index contributed by atoms with van der Waals surface area (Å²) < 4.78 is 66.2. The minimum atomic E-state index is -4.39. The van der Waals surface area contributed by atoms with E-state index in [0.717, 1.165) is 37.9 Å². The molecule has 1 fully saturated rings. The molecule has 0 saturated carbocycles. The van der Waals surface area contributed by atoms with Crippen molar-refractivity contribution in [1.82, 2.24) is 5.32 Å². The Hall–Kier alpha value is -1.28. The summed E-state index contributed by atoms with van der Waals surface area (Å²) in [6.07, 6.45) is -2.38. The fourth-order valence-corrected chi connectivity index (χ4v) is 3.27. The van der Waals surface area contributed by atoms with E-state index in [1.54, 1.807) is 0 Å². The zero-order valence-corrected chi connectivity index (χ0v) is 13.6. The second-order valence-corrected chi connectivity index (χ2v) is 8.11. The minimum Gasteiger partial charge on any atom is -0.490 e. The van der Waals surface area contributed by atoms with Crippen LogP contribution in [0.4, 0.5) is 13.2 Å². The van der Waals surface area contributed by atoms with Crippen LogP contribution in [0.5, 0.6) is 5.75 Å². The molecule has 1 aromatic rings. The third-order valence-corrected chi connectivity index (χ3v) is 4.84. The largest absolute Gasteiger partial charge is 0.490 e. The van der Waals surface area contributed by atoms with Crippen LogP contribution < -0.4 is 10.1 Å². The molecule has 4 nitrogen and oxygen atoms in total. The summed E-state index contributed by atoms with van der Waals surface area (Å²) in [4.78, 5) is 0. The van der Waals surface area contributed by atoms with E-state index in [1.165, 1.54) is 12.1 Å². The lowest BCUT2D eigenvalue weighted by Gasteiger charge is -2.24. The number of nitrogens with one attached hydrogen (secondary N) is 1. The van der Waals surface area contributed by atoms with Crippen molar-refractivity contribution >= 4 is 9.84 Å². The molecule has 1 heterocycles. The van der Waals surface area contributed by atoms with Crippen molar-refractivity contribution in [3.05, 3.63) is 29.8 Å². The number of hydrogen-bond donors (Lipinski definition) is 1. The fraction of sp³-hybridized carbons (Fsp3) is 0.600. The summed E-state index contributed by atoms with van der Waals surface area (Å²) >= 11 is 0. The van der Waals surface area contributed by atoms with Gasteiger partial charge in [0, 0.05) is 18.7 Å². The van der Waals surface area contributed by atoms with Gasteiger partial charge in [0.15, 0.2) is 0 Å². The van der Waals surface area contributed by atoms with Crippen LogP contribution in [0.3, 0.4) is 0 Å². The van der Waals surface area contributed by atoms with Gasteiger partial charge in [-0.05, 0) is 43.7 Å². The van der Waals surface area contributed by atoms with E-state index >= 15 is 0 Å². The summed E-state index contributed by atoms with van der Waals surface area (Å²) in [7, 11) is -3.12.